The first-order valence-electron chi connectivity index (χ1n) is 3.80. The summed E-state index contributed by atoms with van der Waals surface area (Å²) in [4.78, 5) is 16.1. The van der Waals surface area contributed by atoms with E-state index in [0.717, 1.165) is 19.4 Å². The number of hydrogen-bond acceptors (Lipinski definition) is 3. The van der Waals surface area contributed by atoms with Crippen molar-refractivity contribution in [2.75, 3.05) is 20.7 Å². The maximum absolute atomic E-state index is 11.3. The van der Waals surface area contributed by atoms with Gasteiger partial charge in [0.1, 0.15) is 0 Å². The van der Waals surface area contributed by atoms with Crippen molar-refractivity contribution >= 4 is 5.91 Å². The van der Waals surface area contributed by atoms with Crippen molar-refractivity contribution in [1.29, 1.82) is 0 Å². The fraction of sp³-hybridized carbons (Fsp3) is 0.857. The molecular weight excluding hydrogens is 180 g/mol. The summed E-state index contributed by atoms with van der Waals surface area (Å²) >= 11 is 0. The van der Waals surface area contributed by atoms with Crippen LogP contribution in [0, 0.1) is 0 Å². The van der Waals surface area contributed by atoms with Gasteiger partial charge in [-0.05, 0) is 19.4 Å². The van der Waals surface area contributed by atoms with Crippen LogP contribution in [0.5, 0.6) is 0 Å². The summed E-state index contributed by atoms with van der Waals surface area (Å²) in [5, 5.41) is 4.37. The van der Waals surface area contributed by atoms with Gasteiger partial charge in [0.2, 0.25) is 0 Å². The predicted molar refractivity (Wildman–Crippen MR) is 40.8 cm³/mol. The van der Waals surface area contributed by atoms with Crippen LogP contribution in [-0.4, -0.2) is 37.7 Å². The second-order valence-corrected chi connectivity index (χ2v) is 2.67. The minimum Gasteiger partial charge on any atom is -1.00 e. The summed E-state index contributed by atoms with van der Waals surface area (Å²) in [5.74, 6) is 0.0185. The van der Waals surface area contributed by atoms with Crippen LogP contribution in [0.3, 0.4) is 0 Å². The second-order valence-electron chi connectivity index (χ2n) is 2.67. The van der Waals surface area contributed by atoms with Gasteiger partial charge < -0.3 is 17.7 Å². The lowest BCUT2D eigenvalue weighted by Crippen LogP contribution is -3.00. The van der Waals surface area contributed by atoms with E-state index in [9.17, 15) is 4.79 Å². The molecule has 0 radical (unpaired) electrons. The highest BCUT2D eigenvalue weighted by Crippen LogP contribution is 2.07. The number of nitrogens with one attached hydrogen (secondary N) is 1. The van der Waals surface area contributed by atoms with E-state index >= 15 is 0 Å². The Morgan fingerprint density at radius 3 is 2.75 bits per heavy atom. The maximum atomic E-state index is 11.3. The Hall–Kier alpha value is -0.320. The van der Waals surface area contributed by atoms with Gasteiger partial charge in [-0.3, -0.25) is 9.63 Å². The largest absolute Gasteiger partial charge is 1.00 e. The molecule has 0 aromatic rings. The zero-order valence-electron chi connectivity index (χ0n) is 7.34. The fourth-order valence-electron chi connectivity index (χ4n) is 1.20. The van der Waals surface area contributed by atoms with Crippen molar-refractivity contribution in [3.05, 3.63) is 0 Å². The third kappa shape index (κ3) is 2.62. The molecule has 1 aliphatic heterocycles. The molecule has 72 valence electrons. The lowest BCUT2D eigenvalue weighted by atomic mass is 10.2. The summed E-state index contributed by atoms with van der Waals surface area (Å²) in [7, 11) is 3.12. The Kier molecular flexibility index (Phi) is 5.20. The summed E-state index contributed by atoms with van der Waals surface area (Å²) in [6.45, 7) is 0.938. The first-order valence-corrected chi connectivity index (χ1v) is 3.80. The van der Waals surface area contributed by atoms with Crippen molar-refractivity contribution in [2.45, 2.75) is 18.9 Å². The molecule has 1 fully saturated rings. The molecule has 1 atom stereocenters. The molecule has 1 rings (SSSR count). The van der Waals surface area contributed by atoms with Crippen molar-refractivity contribution in [3.63, 3.8) is 0 Å². The molecule has 0 aromatic carbocycles. The van der Waals surface area contributed by atoms with Gasteiger partial charge in [0.25, 0.3) is 5.91 Å². The Balaban J connectivity index is 0.00000121. The number of halogens is 1. The Bertz CT molecular complexity index is 148. The summed E-state index contributed by atoms with van der Waals surface area (Å²) in [5.41, 5.74) is 0. The lowest BCUT2D eigenvalue weighted by molar-refractivity contribution is -0.170. The molecule has 0 saturated carbocycles. The number of carbonyl (C=O) groups excluding carboxylic acids is 1. The van der Waals surface area contributed by atoms with Gasteiger partial charge in [-0.25, -0.2) is 5.06 Å². The van der Waals surface area contributed by atoms with E-state index in [0.29, 0.717) is 0 Å². The average molecular weight is 194 g/mol. The second kappa shape index (κ2) is 5.35. The van der Waals surface area contributed by atoms with Gasteiger partial charge >= 0.3 is 0 Å². The molecular formula is C7H14ClN2O2-. The van der Waals surface area contributed by atoms with E-state index in [4.69, 9.17) is 4.84 Å². The third-order valence-electron chi connectivity index (χ3n) is 1.94. The molecule has 0 spiro atoms. The molecule has 1 heterocycles. The van der Waals surface area contributed by atoms with Gasteiger partial charge in [0, 0.05) is 7.05 Å². The Labute approximate surface area is 78.6 Å². The van der Waals surface area contributed by atoms with Crippen molar-refractivity contribution in [3.8, 4) is 0 Å². The van der Waals surface area contributed by atoms with Crippen LogP contribution in [0.1, 0.15) is 12.8 Å². The molecule has 0 aliphatic carbocycles. The molecule has 1 saturated heterocycles. The molecule has 1 unspecified atom stereocenters. The molecule has 1 N–H and O–H groups in total. The smallest absolute Gasteiger partial charge is 0.262 e. The summed E-state index contributed by atoms with van der Waals surface area (Å²) in [6.07, 6.45) is 2.00. The number of nitrogens with zero attached hydrogens (tertiary/aromatic N) is 1. The Morgan fingerprint density at radius 2 is 2.33 bits per heavy atom. The topological polar surface area (TPSA) is 41.6 Å². The monoisotopic (exact) mass is 193 g/mol. The van der Waals surface area contributed by atoms with Gasteiger partial charge in [0.15, 0.2) is 0 Å². The van der Waals surface area contributed by atoms with Crippen LogP contribution in [0.2, 0.25) is 0 Å². The minimum atomic E-state index is -0.0278. The van der Waals surface area contributed by atoms with Gasteiger partial charge in [-0.2, -0.15) is 0 Å². The summed E-state index contributed by atoms with van der Waals surface area (Å²) < 4.78 is 0. The highest BCUT2D eigenvalue weighted by molar-refractivity contribution is 5.80. The molecule has 1 amide bonds. The van der Waals surface area contributed by atoms with E-state index in [1.165, 1.54) is 12.2 Å². The number of carbonyl (C=O) groups is 1. The number of likely N-dealkylation sites (N-methyl/N-ethyl adjacent to an activating group) is 1. The van der Waals surface area contributed by atoms with Gasteiger partial charge in [0.05, 0.1) is 13.2 Å². The molecule has 12 heavy (non-hydrogen) atoms. The molecule has 4 nitrogen and oxygen atoms in total. The van der Waals surface area contributed by atoms with Crippen LogP contribution in [0.4, 0.5) is 0 Å². The van der Waals surface area contributed by atoms with Crippen molar-refractivity contribution < 1.29 is 22.0 Å². The average Bonchev–Trinajstić information content (AvgIpc) is 2.53. The lowest BCUT2D eigenvalue weighted by Gasteiger charge is -2.17. The Morgan fingerprint density at radius 1 is 1.67 bits per heavy atom. The van der Waals surface area contributed by atoms with Gasteiger partial charge in [-0.15, -0.1) is 0 Å². The molecule has 1 aliphatic rings. The highest BCUT2D eigenvalue weighted by atomic mass is 35.5. The maximum Gasteiger partial charge on any atom is 0.262 e. The number of amides is 1. The number of hydrogen-bond donors (Lipinski definition) is 1. The predicted octanol–water partition coefficient (Wildman–Crippen LogP) is -3.24. The minimum absolute atomic E-state index is 0. The summed E-state index contributed by atoms with van der Waals surface area (Å²) in [6, 6.07) is -0.0278. The van der Waals surface area contributed by atoms with E-state index in [2.05, 4.69) is 5.32 Å². The van der Waals surface area contributed by atoms with Crippen LogP contribution in [0.15, 0.2) is 0 Å². The zero-order valence-corrected chi connectivity index (χ0v) is 8.10. The third-order valence-corrected chi connectivity index (χ3v) is 1.94. The van der Waals surface area contributed by atoms with Crippen LogP contribution in [0.25, 0.3) is 0 Å². The molecule has 0 aromatic heterocycles. The normalized spacial score (nSPS) is 21.7. The van der Waals surface area contributed by atoms with Crippen molar-refractivity contribution in [1.82, 2.24) is 10.4 Å². The standard InChI is InChI=1S/C7H14N2O2.ClH/c1-9(11-2)7(10)6-4-3-5-8-6;/h6,8H,3-5H2,1-2H3;1H/p-1. The van der Waals surface area contributed by atoms with Crippen molar-refractivity contribution in [2.24, 2.45) is 0 Å². The first kappa shape index (κ1) is 11.7. The van der Waals surface area contributed by atoms with Crippen LogP contribution >= 0.6 is 0 Å². The first-order chi connectivity index (χ1) is 5.25. The van der Waals surface area contributed by atoms with Crippen LogP contribution < -0.4 is 17.7 Å². The van der Waals surface area contributed by atoms with E-state index < -0.39 is 0 Å². The number of rotatable bonds is 2. The van der Waals surface area contributed by atoms with Crippen LogP contribution in [-0.2, 0) is 9.63 Å². The SMILES string of the molecule is CON(C)C(=O)C1CCCN1.[Cl-]. The highest BCUT2D eigenvalue weighted by Gasteiger charge is 2.24. The number of hydroxylamine groups is 2. The quantitative estimate of drug-likeness (QED) is 0.469. The zero-order chi connectivity index (χ0) is 8.27. The van der Waals surface area contributed by atoms with E-state index in [1.54, 1.807) is 7.05 Å². The fourth-order valence-corrected chi connectivity index (χ4v) is 1.20. The van der Waals surface area contributed by atoms with Gasteiger partial charge in [-0.1, -0.05) is 0 Å². The molecule has 5 heteroatoms. The van der Waals surface area contributed by atoms with E-state index in [-0.39, 0.29) is 24.4 Å². The van der Waals surface area contributed by atoms with E-state index in [1.807, 2.05) is 0 Å². The molecule has 0 bridgehead atoms.